The van der Waals surface area contributed by atoms with Crippen LogP contribution in [0, 0.1) is 0 Å². The predicted molar refractivity (Wildman–Crippen MR) is 79.4 cm³/mol. The highest BCUT2D eigenvalue weighted by Crippen LogP contribution is 2.19. The van der Waals surface area contributed by atoms with Crippen LogP contribution in [0.1, 0.15) is 55.8 Å². The molecule has 1 aromatic heterocycles. The van der Waals surface area contributed by atoms with Gasteiger partial charge in [-0.25, -0.2) is 0 Å². The molecule has 2 aromatic rings. The van der Waals surface area contributed by atoms with Gasteiger partial charge in [-0.3, -0.25) is 9.78 Å². The molecule has 0 N–H and O–H groups in total. The molecule has 1 aromatic carbocycles. The van der Waals surface area contributed by atoms with Crippen molar-refractivity contribution in [1.29, 1.82) is 0 Å². The highest BCUT2D eigenvalue weighted by Gasteiger charge is 2.09. The summed E-state index contributed by atoms with van der Waals surface area (Å²) in [4.78, 5) is 16.4. The summed E-state index contributed by atoms with van der Waals surface area (Å²) in [5, 5.41) is 2.07. The van der Waals surface area contributed by atoms with Crippen molar-refractivity contribution >= 4 is 16.6 Å². The first kappa shape index (κ1) is 13.7. The molecule has 0 fully saturated rings. The molecule has 0 atom stereocenters. The van der Waals surface area contributed by atoms with Crippen LogP contribution in [0.4, 0.5) is 0 Å². The van der Waals surface area contributed by atoms with E-state index in [9.17, 15) is 4.79 Å². The minimum Gasteiger partial charge on any atom is -0.294 e. The lowest BCUT2D eigenvalue weighted by molar-refractivity contribution is 0.0980. The van der Waals surface area contributed by atoms with Crippen LogP contribution in [0.5, 0.6) is 0 Å². The molecule has 0 amide bonds. The monoisotopic (exact) mass is 255 g/mol. The van der Waals surface area contributed by atoms with Crippen LogP contribution < -0.4 is 0 Å². The number of hydrogen-bond acceptors (Lipinski definition) is 2. The number of carbonyl (C=O) groups is 1. The zero-order valence-corrected chi connectivity index (χ0v) is 11.6. The summed E-state index contributed by atoms with van der Waals surface area (Å²) in [5.74, 6) is 0.223. The van der Waals surface area contributed by atoms with Gasteiger partial charge in [0, 0.05) is 29.8 Å². The summed E-state index contributed by atoms with van der Waals surface area (Å²) < 4.78 is 0. The highest BCUT2D eigenvalue weighted by molar-refractivity contribution is 6.07. The van der Waals surface area contributed by atoms with Gasteiger partial charge in [0.05, 0.1) is 0 Å². The van der Waals surface area contributed by atoms with Crippen molar-refractivity contribution in [3.63, 3.8) is 0 Å². The van der Waals surface area contributed by atoms with E-state index in [1.165, 1.54) is 19.3 Å². The summed E-state index contributed by atoms with van der Waals surface area (Å²) in [7, 11) is 0. The van der Waals surface area contributed by atoms with Gasteiger partial charge in [-0.05, 0) is 11.8 Å². The van der Waals surface area contributed by atoms with Crippen molar-refractivity contribution in [2.75, 3.05) is 0 Å². The summed E-state index contributed by atoms with van der Waals surface area (Å²) in [6.45, 7) is 2.20. The van der Waals surface area contributed by atoms with E-state index < -0.39 is 0 Å². The van der Waals surface area contributed by atoms with E-state index in [2.05, 4.69) is 11.9 Å². The van der Waals surface area contributed by atoms with Crippen LogP contribution in [0.2, 0.25) is 0 Å². The molecule has 0 bridgehead atoms. The number of hydrogen-bond donors (Lipinski definition) is 0. The first-order valence-electron chi connectivity index (χ1n) is 7.19. The Bertz CT molecular complexity index is 542. The highest BCUT2D eigenvalue weighted by atomic mass is 16.1. The smallest absolute Gasteiger partial charge is 0.165 e. The number of Topliss-reactive ketones (excluding diaryl/α,β-unsaturated/α-hetero) is 1. The van der Waals surface area contributed by atoms with Crippen molar-refractivity contribution < 1.29 is 4.79 Å². The van der Waals surface area contributed by atoms with Crippen LogP contribution in [0.3, 0.4) is 0 Å². The zero-order chi connectivity index (χ0) is 13.5. The summed E-state index contributed by atoms with van der Waals surface area (Å²) in [6, 6.07) is 7.95. The molecule has 0 spiro atoms. The Labute approximate surface area is 114 Å². The number of benzene rings is 1. The second kappa shape index (κ2) is 7.03. The van der Waals surface area contributed by atoms with Crippen molar-refractivity contribution in [2.45, 2.75) is 45.4 Å². The third-order valence-corrected chi connectivity index (χ3v) is 3.48. The van der Waals surface area contributed by atoms with Gasteiger partial charge < -0.3 is 0 Å². The van der Waals surface area contributed by atoms with Crippen LogP contribution in [0.15, 0.2) is 36.7 Å². The number of unbranched alkanes of at least 4 members (excludes halogenated alkanes) is 4. The number of carbonyl (C=O) groups excluding carboxylic acids is 1. The number of ketones is 1. The molecular formula is C17H21NO. The molecular weight excluding hydrogens is 234 g/mol. The molecule has 1 heterocycles. The van der Waals surface area contributed by atoms with E-state index in [-0.39, 0.29) is 5.78 Å². The third kappa shape index (κ3) is 3.63. The summed E-state index contributed by atoms with van der Waals surface area (Å²) in [6.07, 6.45) is 10.0. The standard InChI is InChI=1S/C17H21NO/c1-2-3-4-5-6-11-17(19)16-13-18-12-14-9-7-8-10-15(14)16/h7-10,12-13H,2-6,11H2,1H3. The maximum absolute atomic E-state index is 12.3. The summed E-state index contributed by atoms with van der Waals surface area (Å²) in [5.41, 5.74) is 0.772. The Morgan fingerprint density at radius 2 is 1.84 bits per heavy atom. The van der Waals surface area contributed by atoms with E-state index in [0.717, 1.165) is 29.2 Å². The lowest BCUT2D eigenvalue weighted by Gasteiger charge is -2.05. The first-order valence-corrected chi connectivity index (χ1v) is 7.19. The fourth-order valence-electron chi connectivity index (χ4n) is 2.36. The van der Waals surface area contributed by atoms with Crippen molar-refractivity contribution in [1.82, 2.24) is 4.98 Å². The topological polar surface area (TPSA) is 30.0 Å². The largest absolute Gasteiger partial charge is 0.294 e. The quantitative estimate of drug-likeness (QED) is 0.526. The number of nitrogens with zero attached hydrogens (tertiary/aromatic N) is 1. The lowest BCUT2D eigenvalue weighted by atomic mass is 10.0. The fourth-order valence-corrected chi connectivity index (χ4v) is 2.36. The lowest BCUT2D eigenvalue weighted by Crippen LogP contribution is -2.01. The molecule has 0 aliphatic rings. The molecule has 0 saturated carbocycles. The van der Waals surface area contributed by atoms with Crippen LogP contribution in [0.25, 0.3) is 10.8 Å². The van der Waals surface area contributed by atoms with Crippen LogP contribution in [-0.2, 0) is 0 Å². The van der Waals surface area contributed by atoms with Crippen LogP contribution >= 0.6 is 0 Å². The number of aromatic nitrogens is 1. The maximum atomic E-state index is 12.3. The molecule has 0 unspecified atom stereocenters. The van der Waals surface area contributed by atoms with Gasteiger partial charge >= 0.3 is 0 Å². The number of pyridine rings is 1. The molecule has 0 aliphatic carbocycles. The van der Waals surface area contributed by atoms with E-state index in [1.54, 1.807) is 6.20 Å². The predicted octanol–water partition coefficient (Wildman–Crippen LogP) is 4.78. The third-order valence-electron chi connectivity index (χ3n) is 3.48. The molecule has 100 valence electrons. The van der Waals surface area contributed by atoms with E-state index in [4.69, 9.17) is 0 Å². The van der Waals surface area contributed by atoms with Gasteiger partial charge in [0.25, 0.3) is 0 Å². The van der Waals surface area contributed by atoms with Crippen molar-refractivity contribution in [2.24, 2.45) is 0 Å². The number of fused-ring (bicyclic) bond motifs is 1. The first-order chi connectivity index (χ1) is 9.33. The fraction of sp³-hybridized carbons (Fsp3) is 0.412. The minimum absolute atomic E-state index is 0.223. The molecule has 2 rings (SSSR count). The van der Waals surface area contributed by atoms with E-state index in [0.29, 0.717) is 6.42 Å². The number of rotatable bonds is 7. The van der Waals surface area contributed by atoms with Gasteiger partial charge in [0.1, 0.15) is 0 Å². The van der Waals surface area contributed by atoms with Gasteiger partial charge in [0.15, 0.2) is 5.78 Å². The molecule has 0 radical (unpaired) electrons. The Balaban J connectivity index is 2.01. The Morgan fingerprint density at radius 1 is 1.05 bits per heavy atom. The Hall–Kier alpha value is -1.70. The Kier molecular flexibility index (Phi) is 5.08. The molecule has 2 nitrogen and oxygen atoms in total. The molecule has 0 aliphatic heterocycles. The van der Waals surface area contributed by atoms with E-state index >= 15 is 0 Å². The normalized spacial score (nSPS) is 10.8. The second-order valence-electron chi connectivity index (χ2n) is 5.00. The zero-order valence-electron chi connectivity index (χ0n) is 11.6. The van der Waals surface area contributed by atoms with E-state index in [1.807, 2.05) is 30.5 Å². The molecule has 0 saturated heterocycles. The van der Waals surface area contributed by atoms with Gasteiger partial charge in [0.2, 0.25) is 0 Å². The second-order valence-corrected chi connectivity index (χ2v) is 5.00. The SMILES string of the molecule is CCCCCCCC(=O)c1cncc2ccccc12. The molecule has 19 heavy (non-hydrogen) atoms. The Morgan fingerprint density at radius 3 is 2.68 bits per heavy atom. The average molecular weight is 255 g/mol. The molecule has 2 heteroatoms. The van der Waals surface area contributed by atoms with Crippen LogP contribution in [-0.4, -0.2) is 10.8 Å². The van der Waals surface area contributed by atoms with Gasteiger partial charge in [-0.2, -0.15) is 0 Å². The van der Waals surface area contributed by atoms with Gasteiger partial charge in [-0.1, -0.05) is 56.9 Å². The van der Waals surface area contributed by atoms with Crippen molar-refractivity contribution in [3.05, 3.63) is 42.2 Å². The minimum atomic E-state index is 0.223. The van der Waals surface area contributed by atoms with Gasteiger partial charge in [-0.15, -0.1) is 0 Å². The average Bonchev–Trinajstić information content (AvgIpc) is 2.46. The maximum Gasteiger partial charge on any atom is 0.165 e. The van der Waals surface area contributed by atoms with Crippen molar-refractivity contribution in [3.8, 4) is 0 Å². The summed E-state index contributed by atoms with van der Waals surface area (Å²) >= 11 is 0.